The lowest BCUT2D eigenvalue weighted by atomic mass is 10.1. The van der Waals surface area contributed by atoms with Crippen molar-refractivity contribution < 1.29 is 36.2 Å². The van der Waals surface area contributed by atoms with E-state index in [1.807, 2.05) is 0 Å². The molecule has 216 valence electrons. The van der Waals surface area contributed by atoms with Crippen LogP contribution in [0.2, 0.25) is 5.02 Å². The van der Waals surface area contributed by atoms with Crippen molar-refractivity contribution in [3.8, 4) is 5.75 Å². The SMILES string of the molecule is CCS(=O)(=O)c1ccc(Cl)cc1Cn1c(=O)[nH]c2cc(CN3CCC(NC(=O)O)C3)c(OC(F)(F)F)cc2c1=O. The molecule has 11 nitrogen and oxygen atoms in total. The third-order valence-electron chi connectivity index (χ3n) is 6.45. The molecule has 3 aromatic rings. The normalized spacial score (nSPS) is 16.4. The molecule has 0 spiro atoms. The summed E-state index contributed by atoms with van der Waals surface area (Å²) in [4.78, 5) is 41.2. The number of carboxylic acid groups (broad SMARTS) is 1. The number of halogens is 4. The first-order valence-corrected chi connectivity index (χ1v) is 14.0. The number of carbonyl (C=O) groups is 1. The van der Waals surface area contributed by atoms with Crippen LogP contribution in [0.5, 0.6) is 5.75 Å². The minimum atomic E-state index is -5.09. The Labute approximate surface area is 230 Å². The summed E-state index contributed by atoms with van der Waals surface area (Å²) in [7, 11) is -3.76. The first kappa shape index (κ1) is 29.4. The molecule has 1 aliphatic heterocycles. The highest BCUT2D eigenvalue weighted by atomic mass is 35.5. The largest absolute Gasteiger partial charge is 0.573 e. The van der Waals surface area contributed by atoms with Gasteiger partial charge in [0.1, 0.15) is 5.75 Å². The van der Waals surface area contributed by atoms with E-state index in [0.29, 0.717) is 17.5 Å². The zero-order valence-electron chi connectivity index (χ0n) is 20.9. The number of ether oxygens (including phenoxy) is 1. The second kappa shape index (κ2) is 11.1. The number of alkyl halides is 3. The number of aromatic nitrogens is 2. The molecule has 1 aliphatic rings. The number of benzene rings is 2. The van der Waals surface area contributed by atoms with E-state index < -0.39 is 51.9 Å². The lowest BCUT2D eigenvalue weighted by Gasteiger charge is -2.20. The van der Waals surface area contributed by atoms with Gasteiger partial charge in [0, 0.05) is 36.3 Å². The lowest BCUT2D eigenvalue weighted by molar-refractivity contribution is -0.274. The summed E-state index contributed by atoms with van der Waals surface area (Å²) < 4.78 is 69.8. The van der Waals surface area contributed by atoms with Gasteiger partial charge in [-0.3, -0.25) is 14.3 Å². The maximum absolute atomic E-state index is 13.3. The Bertz CT molecular complexity index is 1690. The van der Waals surface area contributed by atoms with Gasteiger partial charge in [-0.2, -0.15) is 0 Å². The average Bonchev–Trinajstić information content (AvgIpc) is 3.27. The van der Waals surface area contributed by atoms with Crippen LogP contribution in [0.1, 0.15) is 24.5 Å². The van der Waals surface area contributed by atoms with Crippen molar-refractivity contribution in [1.82, 2.24) is 19.8 Å². The van der Waals surface area contributed by atoms with Gasteiger partial charge in [0.2, 0.25) is 0 Å². The first-order valence-electron chi connectivity index (χ1n) is 12.0. The van der Waals surface area contributed by atoms with Crippen molar-refractivity contribution in [1.29, 1.82) is 0 Å². The maximum atomic E-state index is 13.3. The Morgan fingerprint density at radius 1 is 1.20 bits per heavy atom. The summed E-state index contributed by atoms with van der Waals surface area (Å²) >= 11 is 6.03. The third kappa shape index (κ3) is 6.59. The van der Waals surface area contributed by atoms with Gasteiger partial charge >= 0.3 is 18.1 Å². The summed E-state index contributed by atoms with van der Waals surface area (Å²) in [5.74, 6) is -0.919. The van der Waals surface area contributed by atoms with E-state index in [-0.39, 0.29) is 50.8 Å². The van der Waals surface area contributed by atoms with Crippen LogP contribution in [0.3, 0.4) is 0 Å². The highest BCUT2D eigenvalue weighted by Crippen LogP contribution is 2.31. The van der Waals surface area contributed by atoms with E-state index in [0.717, 1.165) is 6.07 Å². The number of hydrogen-bond acceptors (Lipinski definition) is 7. The van der Waals surface area contributed by atoms with Crippen molar-refractivity contribution in [3.63, 3.8) is 0 Å². The molecule has 1 atom stereocenters. The van der Waals surface area contributed by atoms with E-state index in [9.17, 15) is 36.0 Å². The van der Waals surface area contributed by atoms with Gasteiger partial charge in [-0.05, 0) is 42.3 Å². The number of amides is 1. The predicted molar refractivity (Wildman–Crippen MR) is 139 cm³/mol. The van der Waals surface area contributed by atoms with Crippen molar-refractivity contribution in [3.05, 3.63) is 67.3 Å². The molecule has 0 aliphatic carbocycles. The number of H-pyrrole nitrogens is 1. The summed E-state index contributed by atoms with van der Waals surface area (Å²) in [5.41, 5.74) is -1.87. The smallest absolute Gasteiger partial charge is 0.465 e. The van der Waals surface area contributed by atoms with E-state index in [4.69, 9.17) is 16.7 Å². The molecule has 1 amide bonds. The van der Waals surface area contributed by atoms with Gasteiger partial charge in [0.25, 0.3) is 5.56 Å². The molecule has 0 radical (unpaired) electrons. The number of aromatic amines is 1. The molecule has 1 unspecified atom stereocenters. The zero-order valence-corrected chi connectivity index (χ0v) is 22.5. The summed E-state index contributed by atoms with van der Waals surface area (Å²) in [6, 6.07) is 5.57. The van der Waals surface area contributed by atoms with Crippen LogP contribution in [0.15, 0.2) is 44.8 Å². The highest BCUT2D eigenvalue weighted by Gasteiger charge is 2.33. The maximum Gasteiger partial charge on any atom is 0.573 e. The van der Waals surface area contributed by atoms with Crippen LogP contribution >= 0.6 is 11.6 Å². The molecule has 2 heterocycles. The molecule has 1 aromatic heterocycles. The number of likely N-dealkylation sites (tertiary alicyclic amines) is 1. The Balaban J connectivity index is 1.78. The summed E-state index contributed by atoms with van der Waals surface area (Å²) in [6.45, 7) is 1.45. The Kier molecular flexibility index (Phi) is 8.19. The molecule has 4 rings (SSSR count). The van der Waals surface area contributed by atoms with E-state index in [1.54, 1.807) is 4.90 Å². The first-order chi connectivity index (χ1) is 18.7. The molecule has 1 fully saturated rings. The lowest BCUT2D eigenvalue weighted by Crippen LogP contribution is -2.36. The molecular weight excluding hydrogens is 581 g/mol. The van der Waals surface area contributed by atoms with Gasteiger partial charge in [0.15, 0.2) is 9.84 Å². The van der Waals surface area contributed by atoms with Crippen LogP contribution in [0.25, 0.3) is 10.9 Å². The average molecular weight is 605 g/mol. The fourth-order valence-corrected chi connectivity index (χ4v) is 5.93. The number of fused-ring (bicyclic) bond motifs is 1. The quantitative estimate of drug-likeness (QED) is 0.355. The topological polar surface area (TPSA) is 151 Å². The zero-order chi connectivity index (χ0) is 29.4. The molecular formula is C24H24ClF3N4O7S. The second-order valence-corrected chi connectivity index (χ2v) is 11.9. The Hall–Kier alpha value is -3.56. The predicted octanol–water partition coefficient (Wildman–Crippen LogP) is 2.93. The number of nitrogens with zero attached hydrogens (tertiary/aromatic N) is 2. The van der Waals surface area contributed by atoms with Crippen LogP contribution < -0.4 is 21.3 Å². The van der Waals surface area contributed by atoms with E-state index >= 15 is 0 Å². The van der Waals surface area contributed by atoms with Gasteiger partial charge in [0.05, 0.1) is 28.1 Å². The van der Waals surface area contributed by atoms with Gasteiger partial charge < -0.3 is 20.1 Å². The number of nitrogens with one attached hydrogen (secondary N) is 2. The van der Waals surface area contributed by atoms with Crippen molar-refractivity contribution in [2.45, 2.75) is 43.7 Å². The van der Waals surface area contributed by atoms with Gasteiger partial charge in [-0.1, -0.05) is 18.5 Å². The fraction of sp³-hybridized carbons (Fsp3) is 0.375. The molecule has 0 saturated carbocycles. The van der Waals surface area contributed by atoms with Crippen LogP contribution in [0.4, 0.5) is 18.0 Å². The van der Waals surface area contributed by atoms with Crippen molar-refractivity contribution in [2.75, 3.05) is 18.8 Å². The standard InChI is InChI=1S/C24H24ClF3N4O7S/c1-2-40(37,38)20-4-3-15(25)7-14(20)11-32-21(33)17-9-19(39-24(26,27)28)13(8-18(17)30-22(32)34)10-31-6-5-16(12-31)29-23(35)36/h3-4,7-9,16,29H,2,5-6,10-12H2,1H3,(H,30,34)(H,35,36). The van der Waals surface area contributed by atoms with Crippen molar-refractivity contribution >= 4 is 38.4 Å². The van der Waals surface area contributed by atoms with Crippen LogP contribution in [-0.2, 0) is 22.9 Å². The van der Waals surface area contributed by atoms with Crippen LogP contribution in [0, 0.1) is 0 Å². The monoisotopic (exact) mass is 604 g/mol. The Morgan fingerprint density at radius 3 is 2.58 bits per heavy atom. The van der Waals surface area contributed by atoms with Gasteiger partial charge in [-0.25, -0.2) is 18.0 Å². The van der Waals surface area contributed by atoms with Gasteiger partial charge in [-0.15, -0.1) is 13.2 Å². The molecule has 3 N–H and O–H groups in total. The number of sulfone groups is 1. The third-order valence-corrected chi connectivity index (χ3v) is 8.51. The van der Waals surface area contributed by atoms with E-state index in [1.165, 1.54) is 31.2 Å². The number of hydrogen-bond donors (Lipinski definition) is 3. The Morgan fingerprint density at radius 2 is 1.93 bits per heavy atom. The minimum Gasteiger partial charge on any atom is -0.465 e. The minimum absolute atomic E-state index is 0.0137. The molecule has 16 heteroatoms. The van der Waals surface area contributed by atoms with Crippen molar-refractivity contribution in [2.24, 2.45) is 0 Å². The second-order valence-electron chi connectivity index (χ2n) is 9.20. The summed E-state index contributed by atoms with van der Waals surface area (Å²) in [6.07, 6.45) is -5.87. The molecule has 2 aromatic carbocycles. The number of rotatable bonds is 8. The van der Waals surface area contributed by atoms with E-state index in [2.05, 4.69) is 15.0 Å². The van der Waals surface area contributed by atoms with Crippen LogP contribution in [-0.4, -0.2) is 65.3 Å². The molecule has 0 bridgehead atoms. The molecule has 1 saturated heterocycles. The summed E-state index contributed by atoms with van der Waals surface area (Å²) in [5, 5.41) is 11.1. The molecule has 40 heavy (non-hydrogen) atoms. The highest BCUT2D eigenvalue weighted by molar-refractivity contribution is 7.91. The fourth-order valence-electron chi connectivity index (χ4n) is 4.62.